The molecule has 0 spiro atoms. The van der Waals surface area contributed by atoms with Gasteiger partial charge in [0.1, 0.15) is 0 Å². The van der Waals surface area contributed by atoms with Gasteiger partial charge in [-0.1, -0.05) is 25.5 Å². The van der Waals surface area contributed by atoms with E-state index in [-0.39, 0.29) is 0 Å². The Morgan fingerprint density at radius 3 is 2.56 bits per heavy atom. The molecule has 0 aromatic heterocycles. The smallest absolute Gasteiger partial charge is 0.0653 e. The molecule has 1 N–H and O–H groups in total. The van der Waals surface area contributed by atoms with Gasteiger partial charge in [0.2, 0.25) is 0 Å². The first-order valence-corrected chi connectivity index (χ1v) is 6.71. The summed E-state index contributed by atoms with van der Waals surface area (Å²) in [6.45, 7) is 9.01. The van der Waals surface area contributed by atoms with E-state index in [0.717, 1.165) is 12.8 Å². The van der Waals surface area contributed by atoms with Gasteiger partial charge in [0.25, 0.3) is 0 Å². The minimum absolute atomic E-state index is 0.443. The third kappa shape index (κ3) is 2.07. The zero-order valence-corrected chi connectivity index (χ0v) is 11.2. The molecular weight excluding hydrogens is 196 g/mol. The van der Waals surface area contributed by atoms with E-state index in [9.17, 15) is 5.11 Å². The Balaban J connectivity index is 2.18. The molecule has 3 unspecified atom stereocenters. The molecular formula is C15H26O. The highest BCUT2D eigenvalue weighted by atomic mass is 16.3. The van der Waals surface area contributed by atoms with Gasteiger partial charge >= 0.3 is 0 Å². The zero-order chi connectivity index (χ0) is 12.0. The summed E-state index contributed by atoms with van der Waals surface area (Å²) < 4.78 is 0. The highest BCUT2D eigenvalue weighted by molar-refractivity contribution is 5.08. The van der Waals surface area contributed by atoms with Gasteiger partial charge in [-0.2, -0.15) is 0 Å². The molecule has 2 aliphatic carbocycles. The second-order valence-corrected chi connectivity index (χ2v) is 6.89. The summed E-state index contributed by atoms with van der Waals surface area (Å²) >= 11 is 0. The maximum Gasteiger partial charge on any atom is 0.0653 e. The van der Waals surface area contributed by atoms with E-state index in [2.05, 4.69) is 33.8 Å². The number of allylic oxidation sites excluding steroid dienone is 2. The van der Waals surface area contributed by atoms with Gasteiger partial charge < -0.3 is 5.11 Å². The van der Waals surface area contributed by atoms with Crippen LogP contribution in [0, 0.1) is 17.3 Å². The molecule has 0 bridgehead atoms. The topological polar surface area (TPSA) is 20.2 Å². The average molecular weight is 222 g/mol. The van der Waals surface area contributed by atoms with E-state index < -0.39 is 5.60 Å². The van der Waals surface area contributed by atoms with Gasteiger partial charge in [0.15, 0.2) is 0 Å². The van der Waals surface area contributed by atoms with Crippen LogP contribution in [0.5, 0.6) is 0 Å². The highest BCUT2D eigenvalue weighted by Gasteiger charge is 2.53. The summed E-state index contributed by atoms with van der Waals surface area (Å²) in [6.07, 6.45) is 7.98. The lowest BCUT2D eigenvalue weighted by Crippen LogP contribution is -2.54. The second kappa shape index (κ2) is 3.87. The molecule has 2 rings (SSSR count). The van der Waals surface area contributed by atoms with Crippen molar-refractivity contribution in [2.45, 2.75) is 65.4 Å². The van der Waals surface area contributed by atoms with E-state index in [1.165, 1.54) is 24.8 Å². The number of fused-ring (bicyclic) bond motifs is 1. The third-order valence-electron chi connectivity index (χ3n) is 5.03. The SMILES string of the molecule is CC1=CCCC(C)(O)C2CC(C)(C)C2CC1. The fourth-order valence-electron chi connectivity index (χ4n) is 3.77. The fourth-order valence-corrected chi connectivity index (χ4v) is 3.77. The Kier molecular flexibility index (Phi) is 2.94. The quantitative estimate of drug-likeness (QED) is 0.616. The molecule has 0 radical (unpaired) electrons. The predicted octanol–water partition coefficient (Wildman–Crippen LogP) is 3.92. The van der Waals surface area contributed by atoms with Crippen molar-refractivity contribution in [3.8, 4) is 0 Å². The predicted molar refractivity (Wildman–Crippen MR) is 68.2 cm³/mol. The Morgan fingerprint density at radius 2 is 1.94 bits per heavy atom. The number of hydrogen-bond acceptors (Lipinski definition) is 1. The lowest BCUT2D eigenvalue weighted by molar-refractivity contribution is -0.141. The molecule has 0 aliphatic heterocycles. The monoisotopic (exact) mass is 222 g/mol. The standard InChI is InChI=1S/C15H26O/c1-11-6-5-9-15(4,16)13-10-14(2,3)12(13)8-7-11/h6,12-13,16H,5,7-10H2,1-4H3. The molecule has 92 valence electrons. The summed E-state index contributed by atoms with van der Waals surface area (Å²) in [4.78, 5) is 0. The van der Waals surface area contributed by atoms with Gasteiger partial charge in [-0.05, 0) is 63.2 Å². The van der Waals surface area contributed by atoms with Crippen LogP contribution in [0.1, 0.15) is 59.8 Å². The second-order valence-electron chi connectivity index (χ2n) is 6.89. The van der Waals surface area contributed by atoms with Crippen LogP contribution in [0.2, 0.25) is 0 Å². The molecule has 1 nitrogen and oxygen atoms in total. The first kappa shape index (κ1) is 12.2. The van der Waals surface area contributed by atoms with Crippen molar-refractivity contribution in [2.75, 3.05) is 0 Å². The van der Waals surface area contributed by atoms with Crippen LogP contribution < -0.4 is 0 Å². The molecule has 1 saturated carbocycles. The summed E-state index contributed by atoms with van der Waals surface area (Å²) in [5.74, 6) is 1.24. The Labute approximate surface area is 99.9 Å². The van der Waals surface area contributed by atoms with Crippen LogP contribution in [0.15, 0.2) is 11.6 Å². The van der Waals surface area contributed by atoms with Crippen LogP contribution in [-0.2, 0) is 0 Å². The molecule has 0 aromatic rings. The molecule has 0 aromatic carbocycles. The van der Waals surface area contributed by atoms with Crippen molar-refractivity contribution in [3.05, 3.63) is 11.6 Å². The van der Waals surface area contributed by atoms with E-state index in [1.807, 2.05) is 0 Å². The van der Waals surface area contributed by atoms with Gasteiger partial charge in [0, 0.05) is 0 Å². The van der Waals surface area contributed by atoms with Crippen LogP contribution in [-0.4, -0.2) is 10.7 Å². The average Bonchev–Trinajstić information content (AvgIpc) is 2.17. The third-order valence-corrected chi connectivity index (χ3v) is 5.03. The molecule has 16 heavy (non-hydrogen) atoms. The molecule has 1 fully saturated rings. The molecule has 0 saturated heterocycles. The summed E-state index contributed by atoms with van der Waals surface area (Å²) in [5, 5.41) is 10.6. The summed E-state index contributed by atoms with van der Waals surface area (Å²) in [5.41, 5.74) is 1.51. The van der Waals surface area contributed by atoms with Crippen molar-refractivity contribution < 1.29 is 5.11 Å². The molecule has 2 aliphatic rings. The molecule has 3 atom stereocenters. The highest BCUT2D eigenvalue weighted by Crippen LogP contribution is 2.58. The van der Waals surface area contributed by atoms with Crippen LogP contribution in [0.4, 0.5) is 0 Å². The Bertz CT molecular complexity index is 299. The first-order valence-electron chi connectivity index (χ1n) is 6.71. The van der Waals surface area contributed by atoms with Crippen molar-refractivity contribution in [1.82, 2.24) is 0 Å². The van der Waals surface area contributed by atoms with Crippen molar-refractivity contribution >= 4 is 0 Å². The molecule has 0 amide bonds. The molecule has 1 heteroatoms. The van der Waals surface area contributed by atoms with Crippen molar-refractivity contribution in [2.24, 2.45) is 17.3 Å². The van der Waals surface area contributed by atoms with Gasteiger partial charge in [-0.3, -0.25) is 0 Å². The van der Waals surface area contributed by atoms with E-state index in [1.54, 1.807) is 0 Å². The normalized spacial score (nSPS) is 43.2. The maximum absolute atomic E-state index is 10.6. The van der Waals surface area contributed by atoms with E-state index in [4.69, 9.17) is 0 Å². The maximum atomic E-state index is 10.6. The first-order chi connectivity index (χ1) is 7.33. The minimum atomic E-state index is -0.443. The van der Waals surface area contributed by atoms with E-state index >= 15 is 0 Å². The lowest BCUT2D eigenvalue weighted by Gasteiger charge is -2.57. The lowest BCUT2D eigenvalue weighted by atomic mass is 9.50. The summed E-state index contributed by atoms with van der Waals surface area (Å²) in [6, 6.07) is 0. The number of rotatable bonds is 0. The summed E-state index contributed by atoms with van der Waals surface area (Å²) in [7, 11) is 0. The minimum Gasteiger partial charge on any atom is -0.390 e. The zero-order valence-electron chi connectivity index (χ0n) is 11.2. The van der Waals surface area contributed by atoms with Gasteiger partial charge in [-0.15, -0.1) is 0 Å². The van der Waals surface area contributed by atoms with Crippen LogP contribution >= 0.6 is 0 Å². The number of aliphatic hydroxyl groups is 1. The van der Waals surface area contributed by atoms with Crippen molar-refractivity contribution in [1.29, 1.82) is 0 Å². The van der Waals surface area contributed by atoms with Gasteiger partial charge in [-0.25, -0.2) is 0 Å². The Morgan fingerprint density at radius 1 is 1.25 bits per heavy atom. The molecule has 0 heterocycles. The van der Waals surface area contributed by atoms with E-state index in [0.29, 0.717) is 17.3 Å². The van der Waals surface area contributed by atoms with Crippen molar-refractivity contribution in [3.63, 3.8) is 0 Å². The van der Waals surface area contributed by atoms with Crippen LogP contribution in [0.25, 0.3) is 0 Å². The number of hydrogen-bond donors (Lipinski definition) is 1. The Hall–Kier alpha value is -0.300. The van der Waals surface area contributed by atoms with Crippen LogP contribution in [0.3, 0.4) is 0 Å². The fraction of sp³-hybridized carbons (Fsp3) is 0.867. The largest absolute Gasteiger partial charge is 0.390 e. The van der Waals surface area contributed by atoms with Gasteiger partial charge in [0.05, 0.1) is 5.60 Å².